The average molecular weight is 185 g/mol. The summed E-state index contributed by atoms with van der Waals surface area (Å²) in [4.78, 5) is 0. The molecule has 0 radical (unpaired) electrons. The van der Waals surface area contributed by atoms with Gasteiger partial charge in [-0.25, -0.2) is 0 Å². The van der Waals surface area contributed by atoms with Gasteiger partial charge in [-0.15, -0.1) is 0 Å². The second-order valence-corrected chi connectivity index (χ2v) is 4.64. The van der Waals surface area contributed by atoms with Gasteiger partial charge in [-0.2, -0.15) is 0 Å². The van der Waals surface area contributed by atoms with Crippen LogP contribution >= 0.6 is 0 Å². The van der Waals surface area contributed by atoms with Crippen LogP contribution < -0.4 is 5.73 Å². The summed E-state index contributed by atoms with van der Waals surface area (Å²) in [5.74, 6) is 0.830. The molecule has 2 bridgehead atoms. The highest BCUT2D eigenvalue weighted by molar-refractivity contribution is 5.47. The van der Waals surface area contributed by atoms with E-state index in [4.69, 9.17) is 5.73 Å². The monoisotopic (exact) mass is 185 g/mol. The molecule has 0 spiro atoms. The number of nitrogens with two attached hydrogens (primary N) is 1. The summed E-state index contributed by atoms with van der Waals surface area (Å²) in [6.07, 6.45) is 8.74. The van der Waals surface area contributed by atoms with E-state index in [1.165, 1.54) is 24.8 Å². The highest BCUT2D eigenvalue weighted by atomic mass is 14.5. The van der Waals surface area contributed by atoms with Crippen LogP contribution in [0.15, 0.2) is 36.4 Å². The Balaban J connectivity index is 2.06. The third-order valence-corrected chi connectivity index (χ3v) is 3.74. The van der Waals surface area contributed by atoms with Crippen LogP contribution in [0.25, 0.3) is 0 Å². The lowest BCUT2D eigenvalue weighted by Crippen LogP contribution is -2.17. The minimum absolute atomic E-state index is 0.333. The number of nitrogen functional groups attached to an aromatic ring is 1. The van der Waals surface area contributed by atoms with E-state index in [1.807, 2.05) is 6.07 Å². The van der Waals surface area contributed by atoms with E-state index in [1.54, 1.807) is 0 Å². The maximum Gasteiger partial charge on any atom is 0.0317 e. The molecule has 1 fully saturated rings. The van der Waals surface area contributed by atoms with Crippen molar-refractivity contribution in [3.8, 4) is 0 Å². The van der Waals surface area contributed by atoms with Crippen LogP contribution in [0, 0.1) is 5.92 Å². The van der Waals surface area contributed by atoms with Gasteiger partial charge in [-0.05, 0) is 42.9 Å². The Hall–Kier alpha value is -1.24. The first kappa shape index (κ1) is 8.10. The summed E-state index contributed by atoms with van der Waals surface area (Å²) in [5, 5.41) is 0. The van der Waals surface area contributed by atoms with Crippen molar-refractivity contribution in [1.82, 2.24) is 0 Å². The quantitative estimate of drug-likeness (QED) is 0.528. The molecule has 2 unspecified atom stereocenters. The number of rotatable bonds is 1. The maximum atomic E-state index is 5.83. The second kappa shape index (κ2) is 2.63. The van der Waals surface area contributed by atoms with Crippen molar-refractivity contribution >= 4 is 5.69 Å². The van der Waals surface area contributed by atoms with Crippen molar-refractivity contribution in [1.29, 1.82) is 0 Å². The van der Waals surface area contributed by atoms with Gasteiger partial charge in [0.25, 0.3) is 0 Å². The van der Waals surface area contributed by atoms with E-state index < -0.39 is 0 Å². The molecule has 1 aromatic rings. The minimum Gasteiger partial charge on any atom is -0.399 e. The number of fused-ring (bicyclic) bond motifs is 2. The lowest BCUT2D eigenvalue weighted by atomic mass is 9.80. The van der Waals surface area contributed by atoms with Crippen molar-refractivity contribution in [2.75, 3.05) is 5.73 Å². The molecule has 1 saturated carbocycles. The predicted molar refractivity (Wildman–Crippen MR) is 59.0 cm³/mol. The topological polar surface area (TPSA) is 26.0 Å². The molecule has 1 heteroatoms. The zero-order chi connectivity index (χ0) is 9.60. The van der Waals surface area contributed by atoms with E-state index in [2.05, 4.69) is 30.4 Å². The van der Waals surface area contributed by atoms with Gasteiger partial charge in [-0.1, -0.05) is 24.3 Å². The molecule has 14 heavy (non-hydrogen) atoms. The molecule has 2 aliphatic rings. The van der Waals surface area contributed by atoms with Crippen LogP contribution in [-0.4, -0.2) is 0 Å². The number of allylic oxidation sites excluding steroid dienone is 2. The summed E-state index contributed by atoms with van der Waals surface area (Å²) >= 11 is 0. The first-order valence-electron chi connectivity index (χ1n) is 5.34. The third kappa shape index (κ3) is 1.02. The van der Waals surface area contributed by atoms with Crippen molar-refractivity contribution in [3.63, 3.8) is 0 Å². The van der Waals surface area contributed by atoms with Gasteiger partial charge in [0.05, 0.1) is 0 Å². The molecular weight excluding hydrogens is 170 g/mol. The third-order valence-electron chi connectivity index (χ3n) is 3.74. The molecular formula is C13H15N. The molecule has 2 aliphatic carbocycles. The fraction of sp³-hybridized carbons (Fsp3) is 0.385. The molecule has 0 aromatic heterocycles. The summed E-state index contributed by atoms with van der Waals surface area (Å²) in [5.41, 5.74) is 8.46. The molecule has 1 aromatic carbocycles. The Morgan fingerprint density at radius 1 is 1.36 bits per heavy atom. The number of hydrogen-bond donors (Lipinski definition) is 1. The van der Waals surface area contributed by atoms with E-state index in [-0.39, 0.29) is 0 Å². The molecule has 2 N–H and O–H groups in total. The molecule has 72 valence electrons. The van der Waals surface area contributed by atoms with E-state index in [9.17, 15) is 0 Å². The molecule has 0 heterocycles. The van der Waals surface area contributed by atoms with E-state index in [0.717, 1.165) is 11.6 Å². The van der Waals surface area contributed by atoms with Crippen molar-refractivity contribution < 1.29 is 0 Å². The summed E-state index contributed by atoms with van der Waals surface area (Å²) in [7, 11) is 0. The second-order valence-electron chi connectivity index (χ2n) is 4.64. The first-order valence-corrected chi connectivity index (χ1v) is 5.34. The van der Waals surface area contributed by atoms with Crippen LogP contribution in [-0.2, 0) is 5.41 Å². The summed E-state index contributed by atoms with van der Waals surface area (Å²) < 4.78 is 0. The Morgan fingerprint density at radius 2 is 2.29 bits per heavy atom. The summed E-state index contributed by atoms with van der Waals surface area (Å²) in [6.45, 7) is 0. The van der Waals surface area contributed by atoms with Gasteiger partial charge in [0.1, 0.15) is 0 Å². The largest absolute Gasteiger partial charge is 0.399 e. The highest BCUT2D eigenvalue weighted by Crippen LogP contribution is 2.50. The normalized spacial score (nSPS) is 33.9. The molecule has 0 saturated heterocycles. The van der Waals surface area contributed by atoms with Crippen molar-refractivity contribution in [2.45, 2.75) is 24.7 Å². The summed E-state index contributed by atoms with van der Waals surface area (Å²) in [6, 6.07) is 8.39. The number of benzene rings is 1. The van der Waals surface area contributed by atoms with E-state index in [0.29, 0.717) is 5.41 Å². The Morgan fingerprint density at radius 3 is 2.86 bits per heavy atom. The lowest BCUT2D eigenvalue weighted by molar-refractivity contribution is 0.567. The highest BCUT2D eigenvalue weighted by Gasteiger charge is 2.41. The zero-order valence-electron chi connectivity index (χ0n) is 8.24. The Bertz CT molecular complexity index is 394. The fourth-order valence-corrected chi connectivity index (χ4v) is 2.96. The van der Waals surface area contributed by atoms with Gasteiger partial charge in [0.2, 0.25) is 0 Å². The first-order chi connectivity index (χ1) is 6.78. The number of hydrogen-bond acceptors (Lipinski definition) is 1. The van der Waals surface area contributed by atoms with E-state index >= 15 is 0 Å². The molecule has 0 aliphatic heterocycles. The lowest BCUT2D eigenvalue weighted by Gasteiger charge is -2.24. The van der Waals surface area contributed by atoms with Gasteiger partial charge >= 0.3 is 0 Å². The van der Waals surface area contributed by atoms with Crippen LogP contribution in [0.5, 0.6) is 0 Å². The minimum atomic E-state index is 0.333. The average Bonchev–Trinajstić information content (AvgIpc) is 2.78. The standard InChI is InChI=1S/C13H15N/c14-12-3-1-2-11(8-12)13-6-4-10(9-13)5-7-13/h1-4,6,8,10H,5,7,9,14H2. The van der Waals surface area contributed by atoms with Gasteiger partial charge in [0, 0.05) is 11.1 Å². The smallest absolute Gasteiger partial charge is 0.0317 e. The van der Waals surface area contributed by atoms with Crippen molar-refractivity contribution in [3.05, 3.63) is 42.0 Å². The Kier molecular flexibility index (Phi) is 1.52. The maximum absolute atomic E-state index is 5.83. The Labute approximate surface area is 84.6 Å². The van der Waals surface area contributed by atoms with Crippen LogP contribution in [0.2, 0.25) is 0 Å². The van der Waals surface area contributed by atoms with Crippen molar-refractivity contribution in [2.24, 2.45) is 5.92 Å². The van der Waals surface area contributed by atoms with Gasteiger partial charge < -0.3 is 5.73 Å². The fourth-order valence-electron chi connectivity index (χ4n) is 2.96. The number of anilines is 1. The van der Waals surface area contributed by atoms with Crippen LogP contribution in [0.1, 0.15) is 24.8 Å². The SMILES string of the molecule is Nc1cccc(C23C=CC(CC2)C3)c1. The molecule has 0 amide bonds. The van der Waals surface area contributed by atoms with Crippen LogP contribution in [0.3, 0.4) is 0 Å². The predicted octanol–water partition coefficient (Wildman–Crippen LogP) is 2.88. The van der Waals surface area contributed by atoms with Crippen LogP contribution in [0.4, 0.5) is 5.69 Å². The molecule has 1 nitrogen and oxygen atoms in total. The zero-order valence-corrected chi connectivity index (χ0v) is 8.24. The van der Waals surface area contributed by atoms with Gasteiger partial charge in [-0.3, -0.25) is 0 Å². The molecule has 2 atom stereocenters. The van der Waals surface area contributed by atoms with Gasteiger partial charge in [0.15, 0.2) is 0 Å². The molecule has 3 rings (SSSR count).